The number of nitrogens with zero attached hydrogens (tertiary/aromatic N) is 4. The largest absolute Gasteiger partial charge is 0.303 e. The highest BCUT2D eigenvalue weighted by molar-refractivity contribution is 5.12. The Labute approximate surface area is 135 Å². The molecule has 0 saturated carbocycles. The predicted octanol–water partition coefficient (Wildman–Crippen LogP) is 2.96. The van der Waals surface area contributed by atoms with Gasteiger partial charge in [0.05, 0.1) is 6.20 Å². The second-order valence-electron chi connectivity index (χ2n) is 7.16. The second-order valence-corrected chi connectivity index (χ2v) is 7.16. The molecule has 0 aliphatic carbocycles. The molecule has 2 aliphatic heterocycles. The van der Waals surface area contributed by atoms with E-state index in [-0.39, 0.29) is 0 Å². The molecule has 1 atom stereocenters. The van der Waals surface area contributed by atoms with Gasteiger partial charge in [-0.3, -0.25) is 4.68 Å². The maximum absolute atomic E-state index is 4.43. The molecule has 0 bridgehead atoms. The molecular formula is C18H32N4. The topological polar surface area (TPSA) is 24.3 Å². The van der Waals surface area contributed by atoms with Crippen molar-refractivity contribution in [3.8, 4) is 0 Å². The summed E-state index contributed by atoms with van der Waals surface area (Å²) >= 11 is 0. The molecule has 2 fully saturated rings. The van der Waals surface area contributed by atoms with Crippen LogP contribution in [-0.2, 0) is 6.54 Å². The zero-order chi connectivity index (χ0) is 15.4. The van der Waals surface area contributed by atoms with Gasteiger partial charge in [-0.15, -0.1) is 0 Å². The summed E-state index contributed by atoms with van der Waals surface area (Å²) < 4.78 is 2.06. The highest BCUT2D eigenvalue weighted by Gasteiger charge is 2.24. The van der Waals surface area contributed by atoms with Crippen LogP contribution in [0.4, 0.5) is 0 Å². The number of hydrogen-bond donors (Lipinski definition) is 0. The molecule has 22 heavy (non-hydrogen) atoms. The van der Waals surface area contributed by atoms with E-state index in [9.17, 15) is 0 Å². The lowest BCUT2D eigenvalue weighted by atomic mass is 9.91. The molecule has 1 aromatic heterocycles. The third-order valence-electron chi connectivity index (χ3n) is 5.74. The first kappa shape index (κ1) is 16.0. The third-order valence-corrected chi connectivity index (χ3v) is 5.74. The van der Waals surface area contributed by atoms with E-state index in [1.54, 1.807) is 0 Å². The first-order chi connectivity index (χ1) is 10.8. The molecule has 2 saturated heterocycles. The third kappa shape index (κ3) is 3.90. The van der Waals surface area contributed by atoms with Crippen molar-refractivity contribution < 1.29 is 0 Å². The normalized spacial score (nSPS) is 25.6. The van der Waals surface area contributed by atoms with Crippen LogP contribution in [-0.4, -0.2) is 58.8 Å². The maximum Gasteiger partial charge on any atom is 0.0524 e. The van der Waals surface area contributed by atoms with Gasteiger partial charge in [0, 0.05) is 18.8 Å². The Morgan fingerprint density at radius 1 is 1.14 bits per heavy atom. The van der Waals surface area contributed by atoms with Gasteiger partial charge < -0.3 is 9.80 Å². The van der Waals surface area contributed by atoms with E-state index in [0.717, 1.165) is 18.5 Å². The van der Waals surface area contributed by atoms with Gasteiger partial charge in [-0.25, -0.2) is 0 Å². The van der Waals surface area contributed by atoms with Gasteiger partial charge in [-0.2, -0.15) is 5.10 Å². The molecule has 3 heterocycles. The summed E-state index contributed by atoms with van der Waals surface area (Å²) in [5.74, 6) is 0.730. The quantitative estimate of drug-likeness (QED) is 0.836. The lowest BCUT2D eigenvalue weighted by Crippen LogP contribution is -2.40. The van der Waals surface area contributed by atoms with Gasteiger partial charge in [-0.05, 0) is 83.7 Å². The number of hydrogen-bond acceptors (Lipinski definition) is 3. The summed E-state index contributed by atoms with van der Waals surface area (Å²) in [4.78, 5) is 5.26. The lowest BCUT2D eigenvalue weighted by molar-refractivity contribution is 0.142. The van der Waals surface area contributed by atoms with Crippen LogP contribution in [0.1, 0.15) is 56.9 Å². The average molecular weight is 304 g/mol. The average Bonchev–Trinajstić information content (AvgIpc) is 3.04. The van der Waals surface area contributed by atoms with E-state index < -0.39 is 0 Å². The molecule has 3 rings (SSSR count). The highest BCUT2D eigenvalue weighted by atomic mass is 15.3. The van der Waals surface area contributed by atoms with Crippen molar-refractivity contribution in [2.24, 2.45) is 0 Å². The number of aryl methyl sites for hydroxylation is 1. The monoisotopic (exact) mass is 304 g/mol. The van der Waals surface area contributed by atoms with Crippen molar-refractivity contribution in [2.75, 3.05) is 33.2 Å². The molecular weight excluding hydrogens is 272 g/mol. The molecule has 0 radical (unpaired) electrons. The maximum atomic E-state index is 4.43. The summed E-state index contributed by atoms with van der Waals surface area (Å²) in [6.45, 7) is 8.25. The van der Waals surface area contributed by atoms with Gasteiger partial charge in [-0.1, -0.05) is 6.42 Å². The Hall–Kier alpha value is -0.870. The second kappa shape index (κ2) is 7.60. The Morgan fingerprint density at radius 3 is 2.64 bits per heavy atom. The van der Waals surface area contributed by atoms with E-state index in [0.29, 0.717) is 0 Å². The smallest absolute Gasteiger partial charge is 0.0524 e. The van der Waals surface area contributed by atoms with Crippen molar-refractivity contribution >= 4 is 0 Å². The van der Waals surface area contributed by atoms with E-state index in [2.05, 4.69) is 45.9 Å². The van der Waals surface area contributed by atoms with Crippen molar-refractivity contribution in [2.45, 2.75) is 64.0 Å². The van der Waals surface area contributed by atoms with Gasteiger partial charge in [0.2, 0.25) is 0 Å². The fraction of sp³-hybridized carbons (Fsp3) is 0.833. The van der Waals surface area contributed by atoms with Crippen LogP contribution in [0.3, 0.4) is 0 Å². The van der Waals surface area contributed by atoms with Crippen LogP contribution in [0, 0.1) is 0 Å². The molecule has 0 unspecified atom stereocenters. The van der Waals surface area contributed by atoms with Crippen molar-refractivity contribution in [1.29, 1.82) is 0 Å². The van der Waals surface area contributed by atoms with Crippen LogP contribution in [0.5, 0.6) is 0 Å². The Balaban J connectivity index is 1.41. The molecule has 2 aliphatic rings. The fourth-order valence-corrected chi connectivity index (χ4v) is 4.09. The molecule has 4 heteroatoms. The zero-order valence-corrected chi connectivity index (χ0v) is 14.4. The highest BCUT2D eigenvalue weighted by Crippen LogP contribution is 2.28. The van der Waals surface area contributed by atoms with Crippen LogP contribution < -0.4 is 0 Å². The van der Waals surface area contributed by atoms with E-state index >= 15 is 0 Å². The number of aromatic nitrogens is 2. The molecule has 0 amide bonds. The number of piperidine rings is 2. The summed E-state index contributed by atoms with van der Waals surface area (Å²) in [6, 6.07) is 0.828. The summed E-state index contributed by atoms with van der Waals surface area (Å²) in [6.07, 6.45) is 12.5. The number of rotatable bonds is 5. The Morgan fingerprint density at radius 2 is 1.95 bits per heavy atom. The van der Waals surface area contributed by atoms with Crippen LogP contribution >= 0.6 is 0 Å². The SMILES string of the molecule is CCn1cc(C2CCN(CC[C@H]3CCCCN3C)CC2)cn1. The molecule has 0 spiro atoms. The fourth-order valence-electron chi connectivity index (χ4n) is 4.09. The minimum absolute atomic E-state index is 0.730. The minimum Gasteiger partial charge on any atom is -0.303 e. The van der Waals surface area contributed by atoms with Gasteiger partial charge in [0.15, 0.2) is 0 Å². The van der Waals surface area contributed by atoms with Gasteiger partial charge in [0.1, 0.15) is 0 Å². The lowest BCUT2D eigenvalue weighted by Gasteiger charge is -2.36. The molecule has 1 aromatic rings. The predicted molar refractivity (Wildman–Crippen MR) is 91.2 cm³/mol. The summed E-state index contributed by atoms with van der Waals surface area (Å²) in [5, 5.41) is 4.43. The van der Waals surface area contributed by atoms with E-state index in [4.69, 9.17) is 0 Å². The van der Waals surface area contributed by atoms with Crippen LogP contribution in [0.2, 0.25) is 0 Å². The van der Waals surface area contributed by atoms with Crippen molar-refractivity contribution in [3.63, 3.8) is 0 Å². The van der Waals surface area contributed by atoms with Crippen LogP contribution in [0.25, 0.3) is 0 Å². The number of likely N-dealkylation sites (tertiary alicyclic amines) is 2. The first-order valence-electron chi connectivity index (χ1n) is 9.21. The van der Waals surface area contributed by atoms with Gasteiger partial charge >= 0.3 is 0 Å². The summed E-state index contributed by atoms with van der Waals surface area (Å²) in [7, 11) is 2.31. The molecule has 124 valence electrons. The zero-order valence-electron chi connectivity index (χ0n) is 14.4. The van der Waals surface area contributed by atoms with E-state index in [1.165, 1.54) is 70.3 Å². The molecule has 4 nitrogen and oxygen atoms in total. The first-order valence-corrected chi connectivity index (χ1v) is 9.21. The standard InChI is InChI=1S/C18H32N4/c1-3-22-15-17(14-19-22)16-7-11-21(12-8-16)13-9-18-6-4-5-10-20(18)2/h14-16,18H,3-13H2,1-2H3/t18-/m1/s1. The molecule has 0 aromatic carbocycles. The van der Waals surface area contributed by atoms with Gasteiger partial charge in [0.25, 0.3) is 0 Å². The van der Waals surface area contributed by atoms with Crippen LogP contribution in [0.15, 0.2) is 12.4 Å². The minimum atomic E-state index is 0.730. The van der Waals surface area contributed by atoms with Crippen molar-refractivity contribution in [1.82, 2.24) is 19.6 Å². The Kier molecular flexibility index (Phi) is 5.53. The Bertz CT molecular complexity index is 448. The molecule has 0 N–H and O–H groups in total. The van der Waals surface area contributed by atoms with E-state index in [1.807, 2.05) is 0 Å². The van der Waals surface area contributed by atoms with Crippen molar-refractivity contribution in [3.05, 3.63) is 18.0 Å². The summed E-state index contributed by atoms with van der Waals surface area (Å²) in [5.41, 5.74) is 1.45.